The van der Waals surface area contributed by atoms with Crippen LogP contribution < -0.4 is 15.2 Å². The first-order chi connectivity index (χ1) is 25.7. The van der Waals surface area contributed by atoms with Crippen molar-refractivity contribution in [1.82, 2.24) is 13.8 Å². The van der Waals surface area contributed by atoms with Crippen molar-refractivity contribution in [2.45, 2.75) is 130 Å². The van der Waals surface area contributed by atoms with E-state index >= 15 is 0 Å². The fraction of sp³-hybridized carbons (Fsp3) is 0.632. The van der Waals surface area contributed by atoms with Crippen molar-refractivity contribution in [3.8, 4) is 11.5 Å². The fourth-order valence-corrected chi connectivity index (χ4v) is 10.1. The Hall–Kier alpha value is -3.28. The minimum Gasteiger partial charge on any atom is -0.494 e. The minimum absolute atomic E-state index is 0.149. The summed E-state index contributed by atoms with van der Waals surface area (Å²) in [4.78, 5) is 27.7. The Bertz CT molecular complexity index is 1550. The third kappa shape index (κ3) is 13.8. The minimum atomic E-state index is -4.72. The van der Waals surface area contributed by atoms with Gasteiger partial charge < -0.3 is 15.2 Å². The molecule has 0 unspecified atom stereocenters. The number of carbonyl (C=O) groups excluding carboxylic acids is 2. The van der Waals surface area contributed by atoms with Gasteiger partial charge in [0.15, 0.2) is 5.66 Å². The van der Waals surface area contributed by atoms with Crippen LogP contribution in [0.2, 0.25) is 0 Å². The van der Waals surface area contributed by atoms with Crippen LogP contribution in [0.4, 0.5) is 0 Å². The van der Waals surface area contributed by atoms with Crippen molar-refractivity contribution in [2.75, 3.05) is 24.7 Å². The van der Waals surface area contributed by atoms with Crippen LogP contribution in [-0.4, -0.2) is 83.3 Å². The van der Waals surface area contributed by atoms with E-state index in [1.807, 2.05) is 0 Å². The number of benzene rings is 2. The maximum atomic E-state index is 14.8. The molecule has 0 atom stereocenters. The summed E-state index contributed by atoms with van der Waals surface area (Å²) in [6.07, 6.45) is 7.27. The van der Waals surface area contributed by atoms with E-state index in [9.17, 15) is 36.8 Å². The van der Waals surface area contributed by atoms with Gasteiger partial charge in [-0.3, -0.25) is 20.0 Å². The van der Waals surface area contributed by atoms with Gasteiger partial charge in [-0.25, -0.2) is 16.8 Å². The molecule has 306 valence electrons. The van der Waals surface area contributed by atoms with E-state index < -0.39 is 73.8 Å². The summed E-state index contributed by atoms with van der Waals surface area (Å²) in [5.74, 6) is -3.66. The van der Waals surface area contributed by atoms with E-state index in [1.165, 1.54) is 0 Å². The number of unbranched alkanes of at least 4 members (excludes halogenated alkanes) is 10. The maximum absolute atomic E-state index is 14.8. The molecule has 16 heteroatoms. The van der Waals surface area contributed by atoms with E-state index in [0.29, 0.717) is 21.5 Å². The number of hydroxylamine groups is 2. The van der Waals surface area contributed by atoms with Gasteiger partial charge in [-0.05, 0) is 38.8 Å². The first kappa shape index (κ1) is 46.9. The molecule has 0 fully saturated rings. The molecule has 14 nitrogen and oxygen atoms in total. The Balaban J connectivity index is 3.01. The van der Waals surface area contributed by atoms with E-state index in [1.54, 1.807) is 62.4 Å². The molecule has 0 aliphatic heterocycles. The Morgan fingerprint density at radius 3 is 1.35 bits per heavy atom. The Labute approximate surface area is 322 Å². The summed E-state index contributed by atoms with van der Waals surface area (Å²) in [5, 5.41) is 20.1. The number of hydrogen-bond donors (Lipinski definition) is 3. The zero-order chi connectivity index (χ0) is 40.2. The largest absolute Gasteiger partial charge is 0.494 e. The molecule has 2 rings (SSSR count). The Morgan fingerprint density at radius 1 is 0.630 bits per heavy atom. The number of nitrogens with zero attached hydrogens (tertiary/aromatic N) is 3. The number of ether oxygens (including phenoxy) is 2. The molecule has 0 saturated heterocycles. The van der Waals surface area contributed by atoms with E-state index in [2.05, 4.69) is 13.8 Å². The normalized spacial score (nSPS) is 12.3. The molecule has 0 aliphatic carbocycles. The molecule has 0 aromatic heterocycles. The molecular formula is C38H62N4O10S2. The van der Waals surface area contributed by atoms with Crippen molar-refractivity contribution >= 4 is 31.9 Å². The first-order valence-corrected chi connectivity index (χ1v) is 22.4. The number of rotatable bonds is 29. The van der Waals surface area contributed by atoms with Crippen molar-refractivity contribution in [3.63, 3.8) is 0 Å². The SMILES string of the molecule is CCCCCCCCS(=O)(=O)N(Cc1ccccc1OCC)C(CC(N)=O)(C(=O)N(O)O)N(Cc1ccccc1OCC)S(=O)(=O)CCCCCCCC. The average Bonchev–Trinajstić information content (AvgIpc) is 3.12. The molecule has 0 spiro atoms. The molecular weight excluding hydrogens is 737 g/mol. The lowest BCUT2D eigenvalue weighted by molar-refractivity contribution is -0.295. The summed E-state index contributed by atoms with van der Waals surface area (Å²) < 4.78 is 72.0. The van der Waals surface area contributed by atoms with Gasteiger partial charge in [0, 0.05) is 24.2 Å². The molecule has 0 radical (unpaired) electrons. The number of nitrogens with two attached hydrogens (primary N) is 1. The zero-order valence-corrected chi connectivity index (χ0v) is 34.1. The van der Waals surface area contributed by atoms with Gasteiger partial charge in [-0.15, -0.1) is 0 Å². The molecule has 0 aliphatic rings. The van der Waals surface area contributed by atoms with Crippen LogP contribution in [0.15, 0.2) is 48.5 Å². The Kier molecular flexibility index (Phi) is 20.5. The van der Waals surface area contributed by atoms with E-state index in [-0.39, 0.29) is 48.7 Å². The number of hydrogen-bond acceptors (Lipinski definition) is 10. The van der Waals surface area contributed by atoms with Gasteiger partial charge in [-0.2, -0.15) is 8.61 Å². The van der Waals surface area contributed by atoms with Crippen LogP contribution in [0.3, 0.4) is 0 Å². The number of amides is 2. The molecule has 0 bridgehead atoms. The van der Waals surface area contributed by atoms with Crippen molar-refractivity contribution in [1.29, 1.82) is 0 Å². The first-order valence-electron chi connectivity index (χ1n) is 19.1. The standard InChI is InChI=1S/C38H62N4O10S2/c1-5-9-11-13-15-21-27-53(47,48)40(30-32-23-17-19-25-34(32)51-7-3)38(29-36(39)43,37(44)42(45)46)41(31-33-24-18-20-26-35(33)52-8-4)54(49,50)28-22-16-14-12-10-6-2/h17-20,23-26,45-46H,5-16,21-22,27-31H2,1-4H3,(H2,39,43). The average molecular weight is 799 g/mol. The second-order valence-electron chi connectivity index (χ2n) is 13.3. The number of carbonyl (C=O) groups is 2. The third-order valence-corrected chi connectivity index (χ3v) is 12.9. The van der Waals surface area contributed by atoms with Gasteiger partial charge in [0.2, 0.25) is 26.0 Å². The highest BCUT2D eigenvalue weighted by Gasteiger charge is 2.60. The molecule has 0 saturated carbocycles. The van der Waals surface area contributed by atoms with Gasteiger partial charge in [0.05, 0.1) is 31.1 Å². The predicted molar refractivity (Wildman–Crippen MR) is 208 cm³/mol. The van der Waals surface area contributed by atoms with Gasteiger partial charge in [0.1, 0.15) is 11.5 Å². The van der Waals surface area contributed by atoms with E-state index in [0.717, 1.165) is 51.4 Å². The summed E-state index contributed by atoms with van der Waals surface area (Å²) in [5.41, 5.74) is 3.13. The molecule has 4 N–H and O–H groups in total. The highest BCUT2D eigenvalue weighted by Crippen LogP contribution is 2.39. The van der Waals surface area contributed by atoms with Gasteiger partial charge in [-0.1, -0.05) is 120 Å². The van der Waals surface area contributed by atoms with Crippen LogP contribution in [0.25, 0.3) is 0 Å². The summed E-state index contributed by atoms with van der Waals surface area (Å²) in [6.45, 7) is 6.60. The predicted octanol–water partition coefficient (Wildman–Crippen LogP) is 6.35. The summed E-state index contributed by atoms with van der Waals surface area (Å²) in [7, 11) is -9.43. The topological polar surface area (TPSA) is 197 Å². The quantitative estimate of drug-likeness (QED) is 0.0361. The van der Waals surface area contributed by atoms with Crippen LogP contribution in [0, 0.1) is 0 Å². The number of primary amides is 1. The summed E-state index contributed by atoms with van der Waals surface area (Å²) >= 11 is 0. The second-order valence-corrected chi connectivity index (χ2v) is 17.3. The molecule has 0 heterocycles. The summed E-state index contributed by atoms with van der Waals surface area (Å²) in [6, 6.07) is 12.8. The van der Waals surface area contributed by atoms with Crippen LogP contribution in [0.5, 0.6) is 11.5 Å². The lowest BCUT2D eigenvalue weighted by Gasteiger charge is -2.47. The number of sulfonamides is 2. The fourth-order valence-electron chi connectivity index (χ4n) is 6.43. The zero-order valence-electron chi connectivity index (χ0n) is 32.4. The Morgan fingerprint density at radius 2 is 1.00 bits per heavy atom. The molecule has 2 amide bonds. The highest BCUT2D eigenvalue weighted by atomic mass is 32.2. The maximum Gasteiger partial charge on any atom is 0.310 e. The van der Waals surface area contributed by atoms with Crippen LogP contribution in [-0.2, 0) is 42.7 Å². The lowest BCUT2D eigenvalue weighted by atomic mass is 10.0. The number of para-hydroxylation sites is 2. The third-order valence-electron chi connectivity index (χ3n) is 9.13. The smallest absolute Gasteiger partial charge is 0.310 e. The van der Waals surface area contributed by atoms with Gasteiger partial charge in [0.25, 0.3) is 0 Å². The lowest BCUT2D eigenvalue weighted by Crippen LogP contribution is -2.71. The van der Waals surface area contributed by atoms with Gasteiger partial charge >= 0.3 is 5.91 Å². The highest BCUT2D eigenvalue weighted by molar-refractivity contribution is 7.90. The van der Waals surface area contributed by atoms with Crippen molar-refractivity contribution < 1.29 is 46.3 Å². The van der Waals surface area contributed by atoms with E-state index in [4.69, 9.17) is 15.2 Å². The molecule has 54 heavy (non-hydrogen) atoms. The monoisotopic (exact) mass is 798 g/mol. The van der Waals surface area contributed by atoms with Crippen molar-refractivity contribution in [2.24, 2.45) is 5.73 Å². The van der Waals surface area contributed by atoms with Crippen molar-refractivity contribution in [3.05, 3.63) is 59.7 Å². The second kappa shape index (κ2) is 23.6. The molecule has 2 aromatic carbocycles. The van der Waals surface area contributed by atoms with Crippen LogP contribution >= 0.6 is 0 Å². The molecule has 2 aromatic rings. The van der Waals surface area contributed by atoms with Crippen LogP contribution in [0.1, 0.15) is 122 Å².